The van der Waals surface area contributed by atoms with E-state index >= 15 is 0 Å². The highest BCUT2D eigenvalue weighted by atomic mass is 35.5. The van der Waals surface area contributed by atoms with Gasteiger partial charge in [0.25, 0.3) is 0 Å². The molecule has 2 N–H and O–H groups in total. The molecular weight excluding hydrogens is 328 g/mol. The molecule has 0 saturated carbocycles. The van der Waals surface area contributed by atoms with Crippen LogP contribution in [0.2, 0.25) is 0 Å². The van der Waals surface area contributed by atoms with Crippen LogP contribution in [0.1, 0.15) is 11.6 Å². The van der Waals surface area contributed by atoms with Gasteiger partial charge in [-0.15, -0.1) is 31.4 Å². The molecule has 1 fully saturated rings. The average molecular weight is 345 g/mol. The smallest absolute Gasteiger partial charge is 0.195 e. The van der Waals surface area contributed by atoms with Crippen molar-refractivity contribution in [1.29, 1.82) is 0 Å². The fraction of sp³-hybridized carbons (Fsp3) is 0.385. The van der Waals surface area contributed by atoms with E-state index < -0.39 is 29.2 Å². The van der Waals surface area contributed by atoms with Crippen molar-refractivity contribution in [2.24, 2.45) is 0 Å². The lowest BCUT2D eigenvalue weighted by Gasteiger charge is -2.33. The van der Waals surface area contributed by atoms with Crippen LogP contribution in [0.15, 0.2) is 18.7 Å². The third-order valence-corrected chi connectivity index (χ3v) is 3.24. The molecule has 1 aromatic carbocycles. The number of nitrogens with one attached hydrogen (secondary N) is 1. The minimum Gasteiger partial charge on any atom is -0.507 e. The Kier molecular flexibility index (Phi) is 8.10. The summed E-state index contributed by atoms with van der Waals surface area (Å²) >= 11 is 0. The number of phenols is 1. The number of benzene rings is 1. The van der Waals surface area contributed by atoms with Gasteiger partial charge in [-0.1, -0.05) is 6.08 Å². The maximum atomic E-state index is 13.9. The molecule has 1 saturated heterocycles. The predicted molar refractivity (Wildman–Crippen MR) is 79.9 cm³/mol. The van der Waals surface area contributed by atoms with E-state index in [0.29, 0.717) is 32.2 Å². The Morgan fingerprint density at radius 1 is 1.19 bits per heavy atom. The van der Waals surface area contributed by atoms with Crippen molar-refractivity contribution in [3.05, 3.63) is 41.7 Å². The number of nitrogens with zero attached hydrogens (tertiary/aromatic N) is 1. The normalized spacial score (nSPS) is 16.5. The van der Waals surface area contributed by atoms with Gasteiger partial charge in [-0.25, -0.2) is 13.2 Å². The Morgan fingerprint density at radius 2 is 1.76 bits per heavy atom. The SMILES string of the molecule is C=C[C@H](c1c(O)cc(F)c(F)c1F)N1CCNCC1.Cl.Cl. The maximum absolute atomic E-state index is 13.9. The van der Waals surface area contributed by atoms with Gasteiger partial charge in [0.1, 0.15) is 5.75 Å². The summed E-state index contributed by atoms with van der Waals surface area (Å²) in [7, 11) is 0. The van der Waals surface area contributed by atoms with Crippen LogP contribution in [0, 0.1) is 17.5 Å². The van der Waals surface area contributed by atoms with E-state index in [2.05, 4.69) is 11.9 Å². The molecule has 0 spiro atoms. The van der Waals surface area contributed by atoms with Crippen molar-refractivity contribution in [2.45, 2.75) is 6.04 Å². The van der Waals surface area contributed by atoms with Crippen molar-refractivity contribution in [3.63, 3.8) is 0 Å². The number of rotatable bonds is 3. The monoisotopic (exact) mass is 344 g/mol. The summed E-state index contributed by atoms with van der Waals surface area (Å²) in [6.07, 6.45) is 1.42. The Bertz CT molecular complexity index is 497. The summed E-state index contributed by atoms with van der Waals surface area (Å²) in [6.45, 7) is 6.21. The van der Waals surface area contributed by atoms with E-state index in [1.165, 1.54) is 6.08 Å². The second-order valence-electron chi connectivity index (χ2n) is 4.39. The Labute approximate surface area is 133 Å². The van der Waals surface area contributed by atoms with E-state index in [9.17, 15) is 18.3 Å². The summed E-state index contributed by atoms with van der Waals surface area (Å²) in [5, 5.41) is 12.8. The number of halogens is 5. The van der Waals surface area contributed by atoms with Crippen molar-refractivity contribution in [1.82, 2.24) is 10.2 Å². The lowest BCUT2D eigenvalue weighted by Crippen LogP contribution is -2.44. The molecule has 2 rings (SSSR count). The van der Waals surface area contributed by atoms with Crippen LogP contribution in [-0.4, -0.2) is 36.2 Å². The molecular formula is C13H17Cl2F3N2O. The number of aromatic hydroxyl groups is 1. The highest BCUT2D eigenvalue weighted by Gasteiger charge is 2.28. The summed E-state index contributed by atoms with van der Waals surface area (Å²) < 4.78 is 40.2. The number of phenolic OH excluding ortho intramolecular Hbond substituents is 1. The standard InChI is InChI=1S/C13H15F3N2O.2ClH/c1-2-9(18-5-3-17-4-6-18)11-10(19)7-8(14)12(15)13(11)16;;/h2,7,9,17,19H,1,3-6H2;2*1H/t9-;;/m1../s1. The van der Waals surface area contributed by atoms with Crippen molar-refractivity contribution < 1.29 is 18.3 Å². The zero-order valence-electron chi connectivity index (χ0n) is 11.1. The van der Waals surface area contributed by atoms with Gasteiger partial charge in [-0.3, -0.25) is 4.90 Å². The lowest BCUT2D eigenvalue weighted by atomic mass is 10.0. The Morgan fingerprint density at radius 3 is 2.29 bits per heavy atom. The number of hydrogen-bond donors (Lipinski definition) is 2. The van der Waals surface area contributed by atoms with E-state index in [4.69, 9.17) is 0 Å². The highest BCUT2D eigenvalue weighted by molar-refractivity contribution is 5.85. The molecule has 0 aromatic heterocycles. The van der Waals surface area contributed by atoms with Gasteiger partial charge in [0.2, 0.25) is 0 Å². The average Bonchev–Trinajstić information content (AvgIpc) is 2.42. The van der Waals surface area contributed by atoms with Crippen LogP contribution in [-0.2, 0) is 0 Å². The largest absolute Gasteiger partial charge is 0.507 e. The van der Waals surface area contributed by atoms with Crippen LogP contribution < -0.4 is 5.32 Å². The molecule has 0 amide bonds. The fourth-order valence-electron chi connectivity index (χ4n) is 2.29. The fourth-order valence-corrected chi connectivity index (χ4v) is 2.29. The summed E-state index contributed by atoms with van der Waals surface area (Å²) in [5.41, 5.74) is -0.268. The van der Waals surface area contributed by atoms with Crippen LogP contribution in [0.25, 0.3) is 0 Å². The van der Waals surface area contributed by atoms with Crippen molar-refractivity contribution in [3.8, 4) is 5.75 Å². The zero-order valence-corrected chi connectivity index (χ0v) is 12.7. The molecule has 1 atom stereocenters. The van der Waals surface area contributed by atoms with Crippen LogP contribution in [0.4, 0.5) is 13.2 Å². The summed E-state index contributed by atoms with van der Waals surface area (Å²) in [5.74, 6) is -4.93. The van der Waals surface area contributed by atoms with Gasteiger partial charge >= 0.3 is 0 Å². The quantitative estimate of drug-likeness (QED) is 0.653. The number of hydrogen-bond acceptors (Lipinski definition) is 3. The van der Waals surface area contributed by atoms with E-state index in [1.54, 1.807) is 0 Å². The zero-order chi connectivity index (χ0) is 14.0. The van der Waals surface area contributed by atoms with Crippen LogP contribution in [0.3, 0.4) is 0 Å². The first-order chi connectivity index (χ1) is 9.06. The molecule has 1 aliphatic rings. The first-order valence-corrected chi connectivity index (χ1v) is 6.00. The summed E-state index contributed by atoms with van der Waals surface area (Å²) in [4.78, 5) is 1.85. The molecule has 0 aliphatic carbocycles. The van der Waals surface area contributed by atoms with Gasteiger partial charge in [0, 0.05) is 32.2 Å². The van der Waals surface area contributed by atoms with E-state index in [-0.39, 0.29) is 30.4 Å². The van der Waals surface area contributed by atoms with Gasteiger partial charge in [-0.2, -0.15) is 0 Å². The van der Waals surface area contributed by atoms with Gasteiger partial charge < -0.3 is 10.4 Å². The van der Waals surface area contributed by atoms with Crippen molar-refractivity contribution >= 4 is 24.8 Å². The molecule has 3 nitrogen and oxygen atoms in total. The van der Waals surface area contributed by atoms with Gasteiger partial charge in [0.15, 0.2) is 17.5 Å². The van der Waals surface area contributed by atoms with E-state index in [1.807, 2.05) is 4.90 Å². The van der Waals surface area contributed by atoms with Gasteiger partial charge in [-0.05, 0) is 0 Å². The Balaban J connectivity index is 0.00000200. The molecule has 21 heavy (non-hydrogen) atoms. The second kappa shape index (κ2) is 8.48. The molecule has 0 radical (unpaired) electrons. The topological polar surface area (TPSA) is 35.5 Å². The highest BCUT2D eigenvalue weighted by Crippen LogP contribution is 2.34. The second-order valence-corrected chi connectivity index (χ2v) is 4.39. The first-order valence-electron chi connectivity index (χ1n) is 6.00. The first kappa shape index (κ1) is 20.1. The summed E-state index contributed by atoms with van der Waals surface area (Å²) in [6, 6.07) is -0.0934. The minimum absolute atomic E-state index is 0. The molecule has 1 aromatic rings. The Hall–Kier alpha value is -0.950. The van der Waals surface area contributed by atoms with Gasteiger partial charge in [0.05, 0.1) is 11.6 Å². The maximum Gasteiger partial charge on any atom is 0.195 e. The van der Waals surface area contributed by atoms with Crippen LogP contribution in [0.5, 0.6) is 5.75 Å². The molecule has 1 heterocycles. The lowest BCUT2D eigenvalue weighted by molar-refractivity contribution is 0.196. The molecule has 120 valence electrons. The minimum atomic E-state index is -1.57. The third kappa shape index (κ3) is 4.03. The molecule has 0 unspecified atom stereocenters. The number of piperazine rings is 1. The van der Waals surface area contributed by atoms with E-state index in [0.717, 1.165) is 0 Å². The molecule has 8 heteroatoms. The molecule has 0 bridgehead atoms. The van der Waals surface area contributed by atoms with Crippen LogP contribution >= 0.6 is 24.8 Å². The third-order valence-electron chi connectivity index (χ3n) is 3.24. The molecule has 1 aliphatic heterocycles. The predicted octanol–water partition coefficient (Wildman–Crippen LogP) is 2.79. The van der Waals surface area contributed by atoms with Crippen molar-refractivity contribution in [2.75, 3.05) is 26.2 Å².